The molecule has 2 aromatic carbocycles. The number of rotatable bonds is 5. The maximum Gasteiger partial charge on any atom is 0.337 e. The normalized spacial score (nSPS) is 13.6. The molecule has 4 rings (SSSR count). The average Bonchev–Trinajstić information content (AvgIpc) is 3.36. The number of hydrogen-bond acceptors (Lipinski definition) is 7. The highest BCUT2D eigenvalue weighted by Gasteiger charge is 2.28. The Morgan fingerprint density at radius 2 is 1.90 bits per heavy atom. The van der Waals surface area contributed by atoms with Crippen LogP contribution in [0.25, 0.3) is 6.08 Å². The van der Waals surface area contributed by atoms with Gasteiger partial charge in [0.25, 0.3) is 0 Å². The second kappa shape index (κ2) is 8.34. The lowest BCUT2D eigenvalue weighted by Crippen LogP contribution is -2.10. The molecule has 6 nitrogen and oxygen atoms in total. The molecule has 3 aromatic rings. The zero-order valence-electron chi connectivity index (χ0n) is 15.9. The van der Waals surface area contributed by atoms with Crippen molar-refractivity contribution in [2.75, 3.05) is 7.11 Å². The molecule has 0 saturated heterocycles. The largest absolute Gasteiger partial charge is 0.465 e. The van der Waals surface area contributed by atoms with Crippen molar-refractivity contribution in [1.82, 2.24) is 0 Å². The fourth-order valence-corrected chi connectivity index (χ4v) is 3.63. The third-order valence-corrected chi connectivity index (χ3v) is 5.28. The lowest BCUT2D eigenvalue weighted by molar-refractivity contribution is -0.133. The molecular weight excluding hydrogens is 404 g/mol. The SMILES string of the molecule is COC(=O)c1ccc(/C=C2\Oc3cc(OC(=O)Cc4cccs4)ccc3C2=O)cc1. The summed E-state index contributed by atoms with van der Waals surface area (Å²) in [5, 5.41) is 1.90. The van der Waals surface area contributed by atoms with E-state index in [1.165, 1.54) is 24.5 Å². The number of ether oxygens (including phenoxy) is 3. The summed E-state index contributed by atoms with van der Waals surface area (Å²) < 4.78 is 15.7. The summed E-state index contributed by atoms with van der Waals surface area (Å²) in [5.41, 5.74) is 1.50. The molecular formula is C23H16O6S. The van der Waals surface area contributed by atoms with Gasteiger partial charge in [-0.15, -0.1) is 11.3 Å². The van der Waals surface area contributed by atoms with Crippen LogP contribution in [-0.4, -0.2) is 24.8 Å². The monoisotopic (exact) mass is 420 g/mol. The van der Waals surface area contributed by atoms with E-state index in [-0.39, 0.29) is 23.9 Å². The van der Waals surface area contributed by atoms with E-state index < -0.39 is 5.97 Å². The zero-order valence-corrected chi connectivity index (χ0v) is 16.7. The molecule has 1 aliphatic heterocycles. The van der Waals surface area contributed by atoms with Crippen molar-refractivity contribution >= 4 is 35.1 Å². The van der Waals surface area contributed by atoms with Crippen LogP contribution < -0.4 is 9.47 Å². The standard InChI is InChI=1S/C23H16O6S/c1-27-23(26)15-6-4-14(5-7-15)11-20-22(25)18-9-8-16(12-19(18)29-20)28-21(24)13-17-3-2-10-30-17/h2-12H,13H2,1H3/b20-11-. The van der Waals surface area contributed by atoms with E-state index in [0.717, 1.165) is 4.88 Å². The molecule has 0 bridgehead atoms. The molecule has 1 aromatic heterocycles. The van der Waals surface area contributed by atoms with Crippen LogP contribution in [-0.2, 0) is 16.0 Å². The molecule has 0 fully saturated rings. The molecule has 2 heterocycles. The molecule has 0 radical (unpaired) electrons. The molecule has 0 saturated carbocycles. The molecule has 0 N–H and O–H groups in total. The van der Waals surface area contributed by atoms with E-state index >= 15 is 0 Å². The van der Waals surface area contributed by atoms with Crippen molar-refractivity contribution in [2.24, 2.45) is 0 Å². The van der Waals surface area contributed by atoms with Gasteiger partial charge in [0, 0.05) is 10.9 Å². The van der Waals surface area contributed by atoms with Crippen LogP contribution in [0.3, 0.4) is 0 Å². The number of Topliss-reactive ketones (excluding diaryl/α,β-unsaturated/α-hetero) is 1. The number of esters is 2. The van der Waals surface area contributed by atoms with Crippen molar-refractivity contribution in [3.8, 4) is 11.5 Å². The van der Waals surface area contributed by atoms with Gasteiger partial charge in [-0.1, -0.05) is 18.2 Å². The first kappa shape index (κ1) is 19.6. The van der Waals surface area contributed by atoms with Gasteiger partial charge < -0.3 is 14.2 Å². The topological polar surface area (TPSA) is 78.9 Å². The van der Waals surface area contributed by atoms with Crippen LogP contribution >= 0.6 is 11.3 Å². The Balaban J connectivity index is 1.48. The minimum absolute atomic E-state index is 0.151. The molecule has 0 spiro atoms. The highest BCUT2D eigenvalue weighted by molar-refractivity contribution is 7.10. The van der Waals surface area contributed by atoms with Gasteiger partial charge in [0.05, 0.1) is 24.7 Å². The van der Waals surface area contributed by atoms with E-state index in [4.69, 9.17) is 9.47 Å². The van der Waals surface area contributed by atoms with Crippen molar-refractivity contribution in [3.05, 3.63) is 87.3 Å². The van der Waals surface area contributed by atoms with E-state index in [1.54, 1.807) is 42.5 Å². The maximum absolute atomic E-state index is 12.6. The third-order valence-electron chi connectivity index (χ3n) is 4.40. The van der Waals surface area contributed by atoms with E-state index in [1.807, 2.05) is 17.5 Å². The van der Waals surface area contributed by atoms with Gasteiger partial charge in [0.2, 0.25) is 5.78 Å². The number of carbonyl (C=O) groups is 3. The number of carbonyl (C=O) groups excluding carboxylic acids is 3. The minimum Gasteiger partial charge on any atom is -0.465 e. The van der Waals surface area contributed by atoms with Gasteiger partial charge >= 0.3 is 11.9 Å². The lowest BCUT2D eigenvalue weighted by Gasteiger charge is -2.05. The first-order chi connectivity index (χ1) is 14.5. The quantitative estimate of drug-likeness (QED) is 0.348. The van der Waals surface area contributed by atoms with Gasteiger partial charge in [0.15, 0.2) is 5.76 Å². The first-order valence-corrected chi connectivity index (χ1v) is 9.91. The number of allylic oxidation sites excluding steroid dienone is 1. The molecule has 1 aliphatic rings. The average molecular weight is 420 g/mol. The van der Waals surface area contributed by atoms with Crippen molar-refractivity contribution < 1.29 is 28.6 Å². The number of hydrogen-bond donors (Lipinski definition) is 0. The van der Waals surface area contributed by atoms with Crippen LogP contribution in [0.5, 0.6) is 11.5 Å². The van der Waals surface area contributed by atoms with Crippen molar-refractivity contribution in [3.63, 3.8) is 0 Å². The summed E-state index contributed by atoms with van der Waals surface area (Å²) >= 11 is 1.48. The Morgan fingerprint density at radius 3 is 2.60 bits per heavy atom. The third kappa shape index (κ3) is 4.16. The number of ketones is 1. The highest BCUT2D eigenvalue weighted by Crippen LogP contribution is 2.35. The summed E-state index contributed by atoms with van der Waals surface area (Å²) in [7, 11) is 1.31. The van der Waals surface area contributed by atoms with Crippen LogP contribution in [0.4, 0.5) is 0 Å². The second-order valence-corrected chi connectivity index (χ2v) is 7.47. The minimum atomic E-state index is -0.434. The van der Waals surface area contributed by atoms with Gasteiger partial charge in [-0.2, -0.15) is 0 Å². The molecule has 0 amide bonds. The number of thiophene rings is 1. The zero-order chi connectivity index (χ0) is 21.1. The maximum atomic E-state index is 12.6. The molecule has 7 heteroatoms. The number of methoxy groups -OCH3 is 1. The predicted molar refractivity (Wildman–Crippen MR) is 111 cm³/mol. The summed E-state index contributed by atoms with van der Waals surface area (Å²) in [5.74, 6) is -0.291. The number of benzene rings is 2. The summed E-state index contributed by atoms with van der Waals surface area (Å²) in [6.45, 7) is 0. The smallest absolute Gasteiger partial charge is 0.337 e. The van der Waals surface area contributed by atoms with E-state index in [0.29, 0.717) is 28.2 Å². The predicted octanol–water partition coefficient (Wildman–Crippen LogP) is 4.30. The first-order valence-electron chi connectivity index (χ1n) is 9.03. The summed E-state index contributed by atoms with van der Waals surface area (Å²) in [6.07, 6.45) is 1.77. The Kier molecular flexibility index (Phi) is 5.45. The molecule has 30 heavy (non-hydrogen) atoms. The molecule has 0 unspecified atom stereocenters. The highest BCUT2D eigenvalue weighted by atomic mass is 32.1. The lowest BCUT2D eigenvalue weighted by atomic mass is 10.1. The molecule has 150 valence electrons. The van der Waals surface area contributed by atoms with Gasteiger partial charge in [-0.3, -0.25) is 9.59 Å². The van der Waals surface area contributed by atoms with Crippen LogP contribution in [0.1, 0.15) is 31.2 Å². The van der Waals surface area contributed by atoms with Crippen LogP contribution in [0, 0.1) is 0 Å². The molecule has 0 atom stereocenters. The Hall–Kier alpha value is -3.71. The van der Waals surface area contributed by atoms with Crippen molar-refractivity contribution in [2.45, 2.75) is 6.42 Å². The fraction of sp³-hybridized carbons (Fsp3) is 0.0870. The van der Waals surface area contributed by atoms with Crippen LogP contribution in [0.2, 0.25) is 0 Å². The van der Waals surface area contributed by atoms with Crippen LogP contribution in [0.15, 0.2) is 65.7 Å². The fourth-order valence-electron chi connectivity index (χ4n) is 2.94. The van der Waals surface area contributed by atoms with E-state index in [2.05, 4.69) is 4.74 Å². The van der Waals surface area contributed by atoms with Gasteiger partial charge in [-0.05, 0) is 47.4 Å². The van der Waals surface area contributed by atoms with Gasteiger partial charge in [-0.25, -0.2) is 4.79 Å². The molecule has 0 aliphatic carbocycles. The summed E-state index contributed by atoms with van der Waals surface area (Å²) in [4.78, 5) is 37.1. The Morgan fingerprint density at radius 1 is 1.10 bits per heavy atom. The van der Waals surface area contributed by atoms with E-state index in [9.17, 15) is 14.4 Å². The summed E-state index contributed by atoms with van der Waals surface area (Å²) in [6, 6.07) is 15.0. The van der Waals surface area contributed by atoms with Gasteiger partial charge in [0.1, 0.15) is 11.5 Å². The second-order valence-electron chi connectivity index (χ2n) is 6.44. The Bertz CT molecular complexity index is 1140. The Labute approximate surface area is 176 Å². The van der Waals surface area contributed by atoms with Crippen molar-refractivity contribution in [1.29, 1.82) is 0 Å². The number of fused-ring (bicyclic) bond motifs is 1.